The molecule has 0 radical (unpaired) electrons. The summed E-state index contributed by atoms with van der Waals surface area (Å²) in [5.74, 6) is -1.51. The number of carbonyl (C=O) groups excluding carboxylic acids is 2. The van der Waals surface area contributed by atoms with Crippen LogP contribution in [0, 0.1) is 0 Å². The lowest BCUT2D eigenvalue weighted by Crippen LogP contribution is -2.46. The number of alkyl halides is 3. The van der Waals surface area contributed by atoms with E-state index < -0.39 is 30.3 Å². The molecule has 1 atom stereocenters. The first-order valence-electron chi connectivity index (χ1n) is 3.82. The summed E-state index contributed by atoms with van der Waals surface area (Å²) in [6.07, 6.45) is -6.08. The number of hydrogen-bond donors (Lipinski definition) is 0. The van der Waals surface area contributed by atoms with Gasteiger partial charge in [0.25, 0.3) is 5.54 Å². The van der Waals surface area contributed by atoms with Gasteiger partial charge in [0, 0.05) is 0 Å². The van der Waals surface area contributed by atoms with E-state index in [4.69, 9.17) is 0 Å². The number of esters is 1. The van der Waals surface area contributed by atoms with Crippen LogP contribution in [-0.2, 0) is 14.3 Å². The van der Waals surface area contributed by atoms with Crippen molar-refractivity contribution < 1.29 is 32.2 Å². The maximum atomic E-state index is 12.5. The van der Waals surface area contributed by atoms with Crippen LogP contribution in [0.25, 0.3) is 0 Å². The zero-order chi connectivity index (χ0) is 11.9. The Morgan fingerprint density at radius 1 is 1.27 bits per heavy atom. The number of ether oxygens (including phenoxy) is 2. The molecule has 0 aromatic rings. The first-order chi connectivity index (χ1) is 6.81. The summed E-state index contributed by atoms with van der Waals surface area (Å²) in [5, 5.41) is 0. The molecule has 86 valence electrons. The minimum absolute atomic E-state index is 0.263. The Morgan fingerprint density at radius 2 is 1.80 bits per heavy atom. The fraction of sp³-hybridized carbons (Fsp3) is 0.714. The molecular formula is C7H8F3NO4. The third kappa shape index (κ3) is 1.49. The Morgan fingerprint density at radius 3 is 2.13 bits per heavy atom. The molecule has 0 aromatic carbocycles. The van der Waals surface area contributed by atoms with Crippen molar-refractivity contribution in [2.45, 2.75) is 11.7 Å². The second-order valence-electron chi connectivity index (χ2n) is 2.91. The number of nitrogens with zero attached hydrogens (tertiary/aromatic N) is 1. The van der Waals surface area contributed by atoms with Crippen molar-refractivity contribution in [2.75, 3.05) is 20.8 Å². The number of halogens is 3. The van der Waals surface area contributed by atoms with Crippen molar-refractivity contribution in [1.29, 1.82) is 0 Å². The Bertz CT molecular complexity index is 303. The molecule has 1 amide bonds. The molecule has 5 nitrogen and oxygen atoms in total. The van der Waals surface area contributed by atoms with Gasteiger partial charge in [0.15, 0.2) is 0 Å². The molecule has 15 heavy (non-hydrogen) atoms. The van der Waals surface area contributed by atoms with E-state index in [1.807, 2.05) is 0 Å². The van der Waals surface area contributed by atoms with Crippen molar-refractivity contribution in [3.8, 4) is 0 Å². The highest BCUT2D eigenvalue weighted by Crippen LogP contribution is 2.47. The maximum Gasteiger partial charge on any atom is 0.424 e. The molecule has 0 saturated carbocycles. The van der Waals surface area contributed by atoms with Gasteiger partial charge in [0.1, 0.15) is 0 Å². The second kappa shape index (κ2) is 3.28. The standard InChI is InChI=1S/C7H8F3NO4/c1-14-4(12)6(7(8,9)10)3-11(6)5(13)15-2/h3H2,1-2H3/t6-,11?/m0/s1. The number of carbonyl (C=O) groups is 2. The van der Waals surface area contributed by atoms with Crippen LogP contribution in [0.4, 0.5) is 18.0 Å². The third-order valence-electron chi connectivity index (χ3n) is 2.13. The van der Waals surface area contributed by atoms with Gasteiger partial charge in [-0.05, 0) is 0 Å². The third-order valence-corrected chi connectivity index (χ3v) is 2.13. The summed E-state index contributed by atoms with van der Waals surface area (Å²) in [7, 11) is 1.75. The van der Waals surface area contributed by atoms with Crippen LogP contribution >= 0.6 is 0 Å². The highest BCUT2D eigenvalue weighted by molar-refractivity contribution is 5.92. The van der Waals surface area contributed by atoms with E-state index >= 15 is 0 Å². The summed E-state index contributed by atoms with van der Waals surface area (Å²) in [4.78, 5) is 22.1. The van der Waals surface area contributed by atoms with E-state index in [1.165, 1.54) is 0 Å². The van der Waals surface area contributed by atoms with Gasteiger partial charge in [-0.15, -0.1) is 0 Å². The van der Waals surface area contributed by atoms with E-state index in [9.17, 15) is 22.8 Å². The highest BCUT2D eigenvalue weighted by Gasteiger charge is 2.78. The molecule has 0 aliphatic carbocycles. The van der Waals surface area contributed by atoms with Crippen LogP contribution in [0.1, 0.15) is 0 Å². The minimum atomic E-state index is -4.87. The number of methoxy groups -OCH3 is 2. The van der Waals surface area contributed by atoms with Gasteiger partial charge in [-0.2, -0.15) is 13.2 Å². The average molecular weight is 227 g/mol. The van der Waals surface area contributed by atoms with Crippen LogP contribution in [0.5, 0.6) is 0 Å². The van der Waals surface area contributed by atoms with Crippen LogP contribution in [0.2, 0.25) is 0 Å². The first-order valence-corrected chi connectivity index (χ1v) is 3.82. The van der Waals surface area contributed by atoms with Crippen LogP contribution in [-0.4, -0.2) is 49.4 Å². The van der Waals surface area contributed by atoms with E-state index in [0.29, 0.717) is 0 Å². The van der Waals surface area contributed by atoms with Crippen molar-refractivity contribution in [1.82, 2.24) is 4.90 Å². The molecular weight excluding hydrogens is 219 g/mol. The lowest BCUT2D eigenvalue weighted by Gasteiger charge is -2.17. The molecule has 0 spiro atoms. The summed E-state index contributed by atoms with van der Waals surface area (Å²) in [6.45, 7) is -0.768. The maximum absolute atomic E-state index is 12.5. The quantitative estimate of drug-likeness (QED) is 0.484. The summed E-state index contributed by atoms with van der Waals surface area (Å²) < 4.78 is 45.7. The molecule has 0 aromatic heterocycles. The molecule has 1 rings (SSSR count). The van der Waals surface area contributed by atoms with Gasteiger partial charge in [-0.3, -0.25) is 4.90 Å². The number of hydrogen-bond acceptors (Lipinski definition) is 4. The summed E-state index contributed by atoms with van der Waals surface area (Å²) in [5.41, 5.74) is -2.87. The van der Waals surface area contributed by atoms with Crippen LogP contribution < -0.4 is 0 Å². The predicted octanol–water partition coefficient (Wildman–Crippen LogP) is 0.542. The Balaban J connectivity index is 2.96. The molecule has 8 heteroatoms. The number of rotatable bonds is 1. The summed E-state index contributed by atoms with van der Waals surface area (Å²) in [6, 6.07) is 0. The fourth-order valence-corrected chi connectivity index (χ4v) is 1.23. The lowest BCUT2D eigenvalue weighted by molar-refractivity contribution is -0.191. The molecule has 0 unspecified atom stereocenters. The van der Waals surface area contributed by atoms with Crippen molar-refractivity contribution in [2.24, 2.45) is 0 Å². The smallest absolute Gasteiger partial charge is 0.424 e. The fourth-order valence-electron chi connectivity index (χ4n) is 1.23. The molecule has 1 saturated heterocycles. The van der Waals surface area contributed by atoms with E-state index in [-0.39, 0.29) is 4.90 Å². The monoisotopic (exact) mass is 227 g/mol. The lowest BCUT2D eigenvalue weighted by atomic mass is 10.1. The van der Waals surface area contributed by atoms with E-state index in [2.05, 4.69) is 9.47 Å². The van der Waals surface area contributed by atoms with E-state index in [1.54, 1.807) is 0 Å². The molecule has 0 N–H and O–H groups in total. The Kier molecular flexibility index (Phi) is 2.54. The second-order valence-corrected chi connectivity index (χ2v) is 2.91. The highest BCUT2D eigenvalue weighted by atomic mass is 19.4. The zero-order valence-electron chi connectivity index (χ0n) is 7.92. The van der Waals surface area contributed by atoms with Gasteiger partial charge in [-0.25, -0.2) is 9.59 Å². The molecule has 1 aliphatic rings. The molecule has 1 fully saturated rings. The summed E-state index contributed by atoms with van der Waals surface area (Å²) >= 11 is 0. The minimum Gasteiger partial charge on any atom is -0.467 e. The molecule has 1 aliphatic heterocycles. The van der Waals surface area contributed by atoms with Gasteiger partial charge >= 0.3 is 18.2 Å². The van der Waals surface area contributed by atoms with Gasteiger partial charge in [0.2, 0.25) is 0 Å². The average Bonchev–Trinajstić information content (AvgIpc) is 2.90. The normalized spacial score (nSPS) is 24.7. The van der Waals surface area contributed by atoms with Crippen molar-refractivity contribution in [3.63, 3.8) is 0 Å². The largest absolute Gasteiger partial charge is 0.467 e. The van der Waals surface area contributed by atoms with Crippen LogP contribution in [0.15, 0.2) is 0 Å². The van der Waals surface area contributed by atoms with Crippen LogP contribution in [0.3, 0.4) is 0 Å². The SMILES string of the molecule is COC(=O)N1C[C@]1(C(=O)OC)C(F)(F)F. The first kappa shape index (κ1) is 11.6. The Hall–Kier alpha value is -1.47. The molecule has 0 bridgehead atoms. The van der Waals surface area contributed by atoms with E-state index in [0.717, 1.165) is 14.2 Å². The zero-order valence-corrected chi connectivity index (χ0v) is 7.92. The predicted molar refractivity (Wildman–Crippen MR) is 39.9 cm³/mol. The Labute approximate surface area is 82.7 Å². The molecule has 1 heterocycles. The van der Waals surface area contributed by atoms with Gasteiger partial charge < -0.3 is 9.47 Å². The van der Waals surface area contributed by atoms with Crippen molar-refractivity contribution >= 4 is 12.1 Å². The van der Waals surface area contributed by atoms with Gasteiger partial charge in [-0.1, -0.05) is 0 Å². The van der Waals surface area contributed by atoms with Gasteiger partial charge in [0.05, 0.1) is 20.8 Å². The van der Waals surface area contributed by atoms with Crippen molar-refractivity contribution in [3.05, 3.63) is 0 Å². The topological polar surface area (TPSA) is 55.6 Å². The number of amides is 1.